The number of hydrogen-bond donors (Lipinski definition) is 3. The van der Waals surface area contributed by atoms with Gasteiger partial charge in [-0.25, -0.2) is 30.2 Å². The highest BCUT2D eigenvalue weighted by Gasteiger charge is 2.63. The molecule has 2 aliphatic rings. The van der Waals surface area contributed by atoms with Gasteiger partial charge < -0.3 is 9.84 Å². The highest BCUT2D eigenvalue weighted by molar-refractivity contribution is 7.93. The summed E-state index contributed by atoms with van der Waals surface area (Å²) < 4.78 is 220. The molecule has 0 aliphatic heterocycles. The SMILES string of the molecule is Cc1cc(C)c(C(C)(C)CC(=O)N(c2nn(CC(F)(F)F)c3c(-c4ccc(CCC(C)(C)S(C)(=O)=O)nc4[C@H](Cc4cc(F)cc(F)c4)NC(=O)Cn4nc(C(F)(F)F)c5c4C(F)(F)C4CCC54)ccc(Cl)c23)S(C)(=O)=O)c(OP(=O)(O)O)c1. The first kappa shape index (κ1) is 63.9. The molecule has 17 nitrogen and oxygen atoms in total. The fraction of sp³-hybridized carbons (Fsp3) is 0.453. The molecule has 8 rings (SSSR count). The van der Waals surface area contributed by atoms with Gasteiger partial charge in [-0.15, -0.1) is 0 Å². The quantitative estimate of drug-likeness (QED) is 0.0506. The van der Waals surface area contributed by atoms with Crippen LogP contribution in [-0.2, 0) is 77.5 Å². The van der Waals surface area contributed by atoms with Crippen molar-refractivity contribution in [1.82, 2.24) is 29.9 Å². The van der Waals surface area contributed by atoms with Crippen LogP contribution in [0.2, 0.25) is 5.02 Å². The van der Waals surface area contributed by atoms with Gasteiger partial charge >= 0.3 is 20.2 Å². The minimum absolute atomic E-state index is 0.0225. The fourth-order valence-electron chi connectivity index (χ4n) is 11.2. The number of fused-ring (bicyclic) bond motifs is 4. The molecule has 2 unspecified atom stereocenters. The summed E-state index contributed by atoms with van der Waals surface area (Å²) in [5, 5.41) is 8.88. The van der Waals surface area contributed by atoms with Gasteiger partial charge in [0.2, 0.25) is 21.8 Å². The van der Waals surface area contributed by atoms with Crippen LogP contribution in [0.1, 0.15) is 116 Å². The molecule has 3 atom stereocenters. The number of carbonyl (C=O) groups excluding carboxylic acids is 2. The Kier molecular flexibility index (Phi) is 16.7. The van der Waals surface area contributed by atoms with Gasteiger partial charge in [0.15, 0.2) is 21.3 Å². The highest BCUT2D eigenvalue weighted by Crippen LogP contribution is 2.64. The predicted octanol–water partition coefficient (Wildman–Crippen LogP) is 11.0. The normalized spacial score (nSPS) is 17.0. The molecular weight excluding hydrogens is 1220 g/mol. The van der Waals surface area contributed by atoms with Crippen molar-refractivity contribution in [2.24, 2.45) is 5.92 Å². The van der Waals surface area contributed by atoms with Gasteiger partial charge in [-0.05, 0) is 113 Å². The third-order valence-electron chi connectivity index (χ3n) is 15.1. The van der Waals surface area contributed by atoms with E-state index < -0.39 is 168 Å². The molecule has 3 aromatic carbocycles. The van der Waals surface area contributed by atoms with Crippen molar-refractivity contribution in [2.45, 2.75) is 134 Å². The molecule has 2 amide bonds. The average molecular weight is 1270 g/mol. The van der Waals surface area contributed by atoms with Crippen LogP contribution in [0.15, 0.2) is 54.6 Å². The monoisotopic (exact) mass is 1270 g/mol. The molecule has 6 aromatic rings. The van der Waals surface area contributed by atoms with Crippen molar-refractivity contribution in [3.63, 3.8) is 0 Å². The first-order chi connectivity index (χ1) is 38.4. The van der Waals surface area contributed by atoms with Crippen molar-refractivity contribution in [1.29, 1.82) is 0 Å². The van der Waals surface area contributed by atoms with Gasteiger partial charge in [-0.1, -0.05) is 43.6 Å². The van der Waals surface area contributed by atoms with E-state index in [9.17, 15) is 67.1 Å². The zero-order valence-corrected chi connectivity index (χ0v) is 49.1. The number of hydrogen-bond acceptors (Lipinski definition) is 11. The number of amides is 2. The summed E-state index contributed by atoms with van der Waals surface area (Å²) in [6.45, 7) is 5.35. The summed E-state index contributed by atoms with van der Waals surface area (Å²) in [5.41, 5.74) is -6.26. The number of sulfone groups is 1. The van der Waals surface area contributed by atoms with E-state index in [-0.39, 0.29) is 73.0 Å². The van der Waals surface area contributed by atoms with E-state index >= 15 is 17.6 Å². The Morgan fingerprint density at radius 2 is 1.54 bits per heavy atom. The van der Waals surface area contributed by atoms with Crippen LogP contribution in [0.25, 0.3) is 22.0 Å². The number of halogens is 11. The summed E-state index contributed by atoms with van der Waals surface area (Å²) in [5.74, 6) is -13.0. The number of rotatable bonds is 19. The number of anilines is 1. The molecular formula is C53H55ClF10N7O10PS2. The Hall–Kier alpha value is -6.13. The minimum Gasteiger partial charge on any atom is -0.404 e. The predicted molar refractivity (Wildman–Crippen MR) is 287 cm³/mol. The van der Waals surface area contributed by atoms with Crippen LogP contribution in [0.3, 0.4) is 0 Å². The first-order valence-corrected chi connectivity index (χ1v) is 31.2. The molecule has 3 heterocycles. The summed E-state index contributed by atoms with van der Waals surface area (Å²) >= 11 is 6.81. The molecule has 0 radical (unpaired) electrons. The van der Waals surface area contributed by atoms with Crippen LogP contribution < -0.4 is 14.1 Å². The van der Waals surface area contributed by atoms with Gasteiger partial charge in [0.25, 0.3) is 5.92 Å². The maximum Gasteiger partial charge on any atom is 0.524 e. The largest absolute Gasteiger partial charge is 0.524 e. The van der Waals surface area contributed by atoms with Gasteiger partial charge in [0, 0.05) is 58.0 Å². The van der Waals surface area contributed by atoms with Gasteiger partial charge in [0.05, 0.1) is 38.7 Å². The number of phosphoric acid groups is 1. The number of sulfonamides is 1. The van der Waals surface area contributed by atoms with Crippen molar-refractivity contribution in [2.75, 3.05) is 16.8 Å². The Balaban J connectivity index is 1.34. The third-order valence-corrected chi connectivity index (χ3v) is 19.1. The zero-order valence-electron chi connectivity index (χ0n) is 45.9. The second-order valence-electron chi connectivity index (χ2n) is 22.5. The van der Waals surface area contributed by atoms with Crippen LogP contribution in [0.5, 0.6) is 5.75 Å². The molecule has 0 bridgehead atoms. The van der Waals surface area contributed by atoms with Gasteiger partial charge in [0.1, 0.15) is 36.2 Å². The van der Waals surface area contributed by atoms with E-state index in [0.717, 1.165) is 30.5 Å². The maximum absolute atomic E-state index is 16.0. The number of aromatic nitrogens is 5. The molecule has 2 aliphatic carbocycles. The van der Waals surface area contributed by atoms with Gasteiger partial charge in [-0.3, -0.25) is 33.7 Å². The number of alkyl halides is 8. The molecule has 1 saturated carbocycles. The van der Waals surface area contributed by atoms with Gasteiger partial charge in [-0.2, -0.15) is 49.6 Å². The first-order valence-electron chi connectivity index (χ1n) is 25.5. The minimum atomic E-state index is -5.27. The summed E-state index contributed by atoms with van der Waals surface area (Å²) in [6.07, 6.45) is -11.0. The smallest absolute Gasteiger partial charge is 0.404 e. The van der Waals surface area contributed by atoms with Crippen molar-refractivity contribution in [3.05, 3.63) is 122 Å². The second-order valence-corrected chi connectivity index (χ2v) is 28.5. The summed E-state index contributed by atoms with van der Waals surface area (Å²) in [7, 11) is -14.0. The standard InChI is InChI=1S/C53H55ClF10N7O10PS2/c1-26-17-27(2)43(38(18-26)81-82(74,75)76)49(3,4)23-40(73)71(84(8,79)80)48-42-36(54)14-12-33(45(42)70(68-48)25-51(57,58)59)32-10-9-31(15-16-50(5,6)83(7,77)78)65-44(32)37(21-28-19-29(55)22-30(56)20-28)66-39(72)24-69-47-41(46(67-69)53(62,63)64)34-11-13-35(34)52(47,60)61/h9-10,12,14,17-20,22,34-35,37H,11,13,15-16,21,23-25H2,1-8H3,(H,66,72)(H2,74,75,76)/t34?,35?,37-/m0/s1. The number of nitrogens with one attached hydrogen (secondary N) is 1. The van der Waals surface area contributed by atoms with E-state index in [4.69, 9.17) is 21.1 Å². The lowest BCUT2D eigenvalue weighted by atomic mass is 9.73. The Morgan fingerprint density at radius 1 is 0.905 bits per heavy atom. The van der Waals surface area contributed by atoms with Crippen LogP contribution in [-0.4, -0.2) is 86.4 Å². The Morgan fingerprint density at radius 3 is 2.10 bits per heavy atom. The number of pyridine rings is 1. The van der Waals surface area contributed by atoms with Crippen LogP contribution in [0, 0.1) is 31.4 Å². The van der Waals surface area contributed by atoms with Crippen molar-refractivity contribution >= 4 is 67.8 Å². The van der Waals surface area contributed by atoms with E-state index in [1.54, 1.807) is 13.0 Å². The topological polar surface area (TPSA) is 233 Å². The molecule has 3 N–H and O–H groups in total. The lowest BCUT2D eigenvalue weighted by Gasteiger charge is -2.34. The van der Waals surface area contributed by atoms with E-state index in [2.05, 4.69) is 15.5 Å². The lowest BCUT2D eigenvalue weighted by Crippen LogP contribution is -2.40. The Bertz CT molecular complexity index is 3920. The van der Waals surface area contributed by atoms with E-state index in [1.807, 2.05) is 0 Å². The average Bonchev–Trinajstić information content (AvgIpc) is 1.56. The molecule has 1 fully saturated rings. The maximum atomic E-state index is 16.0. The summed E-state index contributed by atoms with van der Waals surface area (Å²) in [4.78, 5) is 53.5. The molecule has 0 spiro atoms. The number of phosphoric ester groups is 1. The third kappa shape index (κ3) is 13.0. The molecule has 0 saturated heterocycles. The molecule has 31 heteroatoms. The van der Waals surface area contributed by atoms with Crippen LogP contribution in [0.4, 0.5) is 49.7 Å². The highest BCUT2D eigenvalue weighted by atomic mass is 35.5. The fourth-order valence-corrected chi connectivity index (χ4v) is 13.2. The number of carbonyl (C=O) groups is 2. The molecule has 456 valence electrons. The lowest BCUT2D eigenvalue weighted by molar-refractivity contribution is -0.144. The zero-order chi connectivity index (χ0) is 62.6. The van der Waals surface area contributed by atoms with Crippen molar-refractivity contribution in [3.8, 4) is 16.9 Å². The molecule has 3 aromatic heterocycles. The number of aryl methyl sites for hydroxylation is 3. The van der Waals surface area contributed by atoms with E-state index in [1.165, 1.54) is 52.8 Å². The number of benzene rings is 3. The Labute approximate surface area is 479 Å². The summed E-state index contributed by atoms with van der Waals surface area (Å²) in [6, 6.07) is 7.92. The second kappa shape index (κ2) is 22.0. The van der Waals surface area contributed by atoms with Crippen molar-refractivity contribution < 1.29 is 89.2 Å². The van der Waals surface area contributed by atoms with Crippen LogP contribution >= 0.6 is 19.4 Å². The molecule has 84 heavy (non-hydrogen) atoms. The number of nitrogens with zero attached hydrogens (tertiary/aromatic N) is 6. The van der Waals surface area contributed by atoms with E-state index in [0.29, 0.717) is 23.4 Å².